The fourth-order valence-corrected chi connectivity index (χ4v) is 6.44. The van der Waals surface area contributed by atoms with Crippen LogP contribution in [0, 0.1) is 22.2 Å². The molecule has 4 aromatic heterocycles. The lowest BCUT2D eigenvalue weighted by molar-refractivity contribution is -0.159. The Morgan fingerprint density at radius 3 is 2.75 bits per heavy atom. The molecule has 0 spiro atoms. The van der Waals surface area contributed by atoms with E-state index in [2.05, 4.69) is 66.6 Å². The van der Waals surface area contributed by atoms with Gasteiger partial charge in [0.1, 0.15) is 11.3 Å². The van der Waals surface area contributed by atoms with Crippen molar-refractivity contribution < 1.29 is 0 Å². The highest BCUT2D eigenvalue weighted by Gasteiger charge is 2.67. The van der Waals surface area contributed by atoms with Gasteiger partial charge in [-0.1, -0.05) is 11.3 Å². The summed E-state index contributed by atoms with van der Waals surface area (Å²) in [6.45, 7) is 4.56. The molecule has 1 N–H and O–H groups in total. The lowest BCUT2D eigenvalue weighted by Crippen LogP contribution is -2.64. The largest absolute Gasteiger partial charge is 0.370 e. The first-order chi connectivity index (χ1) is 17.6. The summed E-state index contributed by atoms with van der Waals surface area (Å²) in [5, 5.41) is 21.5. The van der Waals surface area contributed by atoms with Crippen molar-refractivity contribution in [3.8, 4) is 17.3 Å². The van der Waals surface area contributed by atoms with E-state index in [-0.39, 0.29) is 5.41 Å². The van der Waals surface area contributed by atoms with Crippen molar-refractivity contribution in [3.63, 3.8) is 0 Å². The molecular formula is C27H29N9. The van der Waals surface area contributed by atoms with Gasteiger partial charge in [-0.2, -0.15) is 5.26 Å². The number of anilines is 1. The number of imidazole rings is 1. The van der Waals surface area contributed by atoms with E-state index in [0.29, 0.717) is 12.0 Å². The van der Waals surface area contributed by atoms with Gasteiger partial charge in [0.05, 0.1) is 41.8 Å². The van der Waals surface area contributed by atoms with Crippen LogP contribution in [0.15, 0.2) is 49.2 Å². The van der Waals surface area contributed by atoms with Crippen molar-refractivity contribution >= 4 is 11.3 Å². The number of rotatable bonds is 8. The Hall–Kier alpha value is -3.77. The van der Waals surface area contributed by atoms with Gasteiger partial charge in [-0.05, 0) is 55.2 Å². The summed E-state index contributed by atoms with van der Waals surface area (Å²) < 4.78 is 3.92. The van der Waals surface area contributed by atoms with Crippen molar-refractivity contribution in [2.75, 3.05) is 24.5 Å². The molecule has 1 aliphatic heterocycles. The highest BCUT2D eigenvalue weighted by atomic mass is 15.4. The van der Waals surface area contributed by atoms with E-state index in [0.717, 1.165) is 73.7 Å². The summed E-state index contributed by atoms with van der Waals surface area (Å²) in [6.07, 6.45) is 15.6. The highest BCUT2D eigenvalue weighted by Crippen LogP contribution is 2.72. The molecule has 2 bridgehead atoms. The van der Waals surface area contributed by atoms with Crippen molar-refractivity contribution in [2.45, 2.75) is 45.2 Å². The minimum atomic E-state index is 0.0210. The molecule has 1 saturated heterocycles. The Kier molecular flexibility index (Phi) is 4.86. The molecule has 182 valence electrons. The number of fused-ring (bicyclic) bond motifs is 1. The molecule has 0 unspecified atom stereocenters. The molecule has 5 heterocycles. The van der Waals surface area contributed by atoms with E-state index in [4.69, 9.17) is 4.98 Å². The third-order valence-electron chi connectivity index (χ3n) is 8.12. The zero-order valence-electron chi connectivity index (χ0n) is 20.3. The molecule has 0 radical (unpaired) electrons. The summed E-state index contributed by atoms with van der Waals surface area (Å²) in [5.74, 6) is 0. The SMILES string of the molecule is N#CC12CC(CNCc3ccc4nc(Cn5cc(-c6cncc(N7CCCC7)c6)nn5)cn4c3)(C1)C2. The second-order valence-electron chi connectivity index (χ2n) is 11.0. The van der Waals surface area contributed by atoms with Crippen LogP contribution in [0.2, 0.25) is 0 Å². The Labute approximate surface area is 209 Å². The summed E-state index contributed by atoms with van der Waals surface area (Å²) in [7, 11) is 0. The maximum Gasteiger partial charge on any atom is 0.137 e. The Morgan fingerprint density at radius 1 is 1.06 bits per heavy atom. The number of pyridine rings is 2. The van der Waals surface area contributed by atoms with Gasteiger partial charge in [0.15, 0.2) is 0 Å². The molecule has 4 aromatic rings. The lowest BCUT2D eigenvalue weighted by atomic mass is 9.36. The Balaban J connectivity index is 0.997. The van der Waals surface area contributed by atoms with Crippen molar-refractivity contribution in [1.29, 1.82) is 5.26 Å². The Bertz CT molecular complexity index is 1450. The third kappa shape index (κ3) is 3.73. The van der Waals surface area contributed by atoms with Gasteiger partial charge < -0.3 is 14.6 Å². The molecule has 0 atom stereocenters. The fraction of sp³-hybridized carbons (Fsp3) is 0.444. The van der Waals surface area contributed by atoms with Crippen molar-refractivity contribution in [3.05, 3.63) is 60.4 Å². The fourth-order valence-electron chi connectivity index (χ4n) is 6.44. The molecule has 3 saturated carbocycles. The van der Waals surface area contributed by atoms with Crippen LogP contribution in [0.3, 0.4) is 0 Å². The van der Waals surface area contributed by atoms with Gasteiger partial charge in [-0.3, -0.25) is 4.98 Å². The smallest absolute Gasteiger partial charge is 0.137 e. The molecular weight excluding hydrogens is 450 g/mol. The molecule has 9 nitrogen and oxygen atoms in total. The number of nitriles is 1. The molecule has 4 fully saturated rings. The van der Waals surface area contributed by atoms with Crippen LogP contribution in [-0.2, 0) is 13.1 Å². The minimum absolute atomic E-state index is 0.0210. The van der Waals surface area contributed by atoms with Gasteiger partial charge in [0.2, 0.25) is 0 Å². The van der Waals surface area contributed by atoms with Crippen LogP contribution < -0.4 is 10.2 Å². The van der Waals surface area contributed by atoms with E-state index in [1.165, 1.54) is 18.4 Å². The van der Waals surface area contributed by atoms with Crippen LogP contribution in [0.25, 0.3) is 16.9 Å². The number of aromatic nitrogens is 6. The average molecular weight is 480 g/mol. The first-order valence-electron chi connectivity index (χ1n) is 12.8. The van der Waals surface area contributed by atoms with Crippen molar-refractivity contribution in [1.82, 2.24) is 34.7 Å². The van der Waals surface area contributed by atoms with Gasteiger partial charge in [0.25, 0.3) is 0 Å². The van der Waals surface area contributed by atoms with Gasteiger partial charge >= 0.3 is 0 Å². The predicted octanol–water partition coefficient (Wildman–Crippen LogP) is 3.42. The maximum absolute atomic E-state index is 9.21. The molecule has 0 aromatic carbocycles. The van der Waals surface area contributed by atoms with Gasteiger partial charge in [0, 0.05) is 50.3 Å². The molecule has 3 aliphatic carbocycles. The van der Waals surface area contributed by atoms with E-state index in [9.17, 15) is 5.26 Å². The molecule has 36 heavy (non-hydrogen) atoms. The molecule has 8 rings (SSSR count). The van der Waals surface area contributed by atoms with Gasteiger partial charge in [-0.15, -0.1) is 5.10 Å². The van der Waals surface area contributed by atoms with Crippen LogP contribution in [0.5, 0.6) is 0 Å². The molecule has 9 heteroatoms. The van der Waals surface area contributed by atoms with Crippen LogP contribution in [0.1, 0.15) is 43.4 Å². The number of hydrogen-bond donors (Lipinski definition) is 1. The monoisotopic (exact) mass is 479 g/mol. The quantitative estimate of drug-likeness (QED) is 0.413. The normalized spacial score (nSPS) is 24.5. The highest BCUT2D eigenvalue weighted by molar-refractivity contribution is 5.63. The second kappa shape index (κ2) is 8.14. The van der Waals surface area contributed by atoms with Crippen LogP contribution in [0.4, 0.5) is 5.69 Å². The van der Waals surface area contributed by atoms with Crippen molar-refractivity contribution in [2.24, 2.45) is 10.8 Å². The predicted molar refractivity (Wildman–Crippen MR) is 135 cm³/mol. The van der Waals surface area contributed by atoms with E-state index in [1.807, 2.05) is 23.3 Å². The standard InChI is InChI=1S/C27H29N9/c28-18-26-15-27(16-26,17-26)19-30-8-20-3-4-25-31-22(12-35(25)11-20)13-36-14-24(32-33-36)21-7-23(10-29-9-21)34-5-1-2-6-34/h3-4,7,9-12,14,30H,1-2,5-6,8,13,15-17,19H2. The lowest BCUT2D eigenvalue weighted by Gasteiger charge is -2.67. The third-order valence-corrected chi connectivity index (χ3v) is 8.12. The summed E-state index contributed by atoms with van der Waals surface area (Å²) >= 11 is 0. The summed E-state index contributed by atoms with van der Waals surface area (Å²) in [4.78, 5) is 11.6. The van der Waals surface area contributed by atoms with E-state index >= 15 is 0 Å². The number of nitrogens with one attached hydrogen (secondary N) is 1. The van der Waals surface area contributed by atoms with E-state index in [1.54, 1.807) is 0 Å². The van der Waals surface area contributed by atoms with Crippen LogP contribution >= 0.6 is 0 Å². The Morgan fingerprint density at radius 2 is 1.92 bits per heavy atom. The van der Waals surface area contributed by atoms with Crippen LogP contribution in [-0.4, -0.2) is 49.0 Å². The summed E-state index contributed by atoms with van der Waals surface area (Å²) in [6, 6.07) is 8.84. The topological polar surface area (TPSA) is 100.0 Å². The number of nitrogens with zero attached hydrogens (tertiary/aromatic N) is 8. The zero-order valence-corrected chi connectivity index (χ0v) is 20.3. The molecule has 0 amide bonds. The maximum atomic E-state index is 9.21. The first-order valence-corrected chi connectivity index (χ1v) is 12.8. The number of hydrogen-bond acceptors (Lipinski definition) is 7. The molecule has 4 aliphatic rings. The van der Waals surface area contributed by atoms with E-state index < -0.39 is 0 Å². The van der Waals surface area contributed by atoms with Gasteiger partial charge in [-0.25, -0.2) is 9.67 Å². The zero-order chi connectivity index (χ0) is 24.2. The average Bonchev–Trinajstić information content (AvgIpc) is 3.61. The second-order valence-corrected chi connectivity index (χ2v) is 11.0. The first kappa shape index (κ1) is 21.5. The minimum Gasteiger partial charge on any atom is -0.370 e. The summed E-state index contributed by atoms with van der Waals surface area (Å²) in [5.41, 5.74) is 6.45.